The van der Waals surface area contributed by atoms with Crippen LogP contribution in [0.15, 0.2) is 36.5 Å². The number of benzene rings is 1. The predicted molar refractivity (Wildman–Crippen MR) is 96.1 cm³/mol. The van der Waals surface area contributed by atoms with E-state index in [1.165, 1.54) is 6.07 Å². The van der Waals surface area contributed by atoms with Gasteiger partial charge in [0.05, 0.1) is 18.7 Å². The molecule has 7 heteroatoms. The van der Waals surface area contributed by atoms with Crippen molar-refractivity contribution in [3.63, 3.8) is 0 Å². The summed E-state index contributed by atoms with van der Waals surface area (Å²) >= 11 is 0. The SMILES string of the molecule is Cn1c(CN2C[C@@H]3C(COc4ccc(F)c(F)c4)[C@@H]3C2)nc2ncccc21. The number of aryl methyl sites for hydroxylation is 1. The minimum Gasteiger partial charge on any atom is -0.493 e. The lowest BCUT2D eigenvalue weighted by molar-refractivity contribution is 0.226. The van der Waals surface area contributed by atoms with E-state index in [-0.39, 0.29) is 0 Å². The summed E-state index contributed by atoms with van der Waals surface area (Å²) in [5, 5.41) is 0. The number of aromatic nitrogens is 3. The summed E-state index contributed by atoms with van der Waals surface area (Å²) in [5.74, 6) is 1.43. The van der Waals surface area contributed by atoms with E-state index >= 15 is 0 Å². The second-order valence-corrected chi connectivity index (χ2v) is 7.51. The summed E-state index contributed by atoms with van der Waals surface area (Å²) in [6.07, 6.45) is 1.77. The summed E-state index contributed by atoms with van der Waals surface area (Å²) in [6, 6.07) is 7.65. The molecule has 5 nitrogen and oxygen atoms in total. The maximum atomic E-state index is 13.2. The predicted octanol–water partition coefficient (Wildman–Crippen LogP) is 3.00. The van der Waals surface area contributed by atoms with E-state index in [2.05, 4.69) is 19.4 Å². The van der Waals surface area contributed by atoms with Gasteiger partial charge >= 0.3 is 0 Å². The number of likely N-dealkylation sites (tertiary alicyclic amines) is 1. The number of nitrogens with zero attached hydrogens (tertiary/aromatic N) is 4. The van der Waals surface area contributed by atoms with Gasteiger partial charge in [-0.25, -0.2) is 18.7 Å². The molecular weight excluding hydrogens is 350 g/mol. The van der Waals surface area contributed by atoms with Crippen LogP contribution in [0.1, 0.15) is 5.82 Å². The number of imidazole rings is 1. The largest absolute Gasteiger partial charge is 0.493 e. The number of fused-ring (bicyclic) bond motifs is 2. The first kappa shape index (κ1) is 16.6. The van der Waals surface area contributed by atoms with Crippen molar-refractivity contribution < 1.29 is 13.5 Å². The number of hydrogen-bond acceptors (Lipinski definition) is 4. The standard InChI is InChI=1S/C20H20F2N4O/c1-25-18-3-2-6-23-20(18)24-19(25)10-26-8-13-14(9-26)15(13)11-27-12-4-5-16(21)17(22)7-12/h2-7,13-15H,8-11H2,1H3/t13-,14+,15?. The Bertz CT molecular complexity index is 993. The van der Waals surface area contributed by atoms with Crippen LogP contribution in [0.25, 0.3) is 11.2 Å². The summed E-state index contributed by atoms with van der Waals surface area (Å²) in [7, 11) is 2.03. The summed E-state index contributed by atoms with van der Waals surface area (Å²) < 4.78 is 34.0. The minimum atomic E-state index is -0.869. The fraction of sp³-hybridized carbons (Fsp3) is 0.400. The number of halogens is 2. The van der Waals surface area contributed by atoms with Crippen molar-refractivity contribution in [3.05, 3.63) is 54.0 Å². The van der Waals surface area contributed by atoms with Gasteiger partial charge in [0.2, 0.25) is 0 Å². The third-order valence-electron chi connectivity index (χ3n) is 5.90. The maximum absolute atomic E-state index is 13.2. The Hall–Kier alpha value is -2.54. The molecule has 2 aromatic heterocycles. The van der Waals surface area contributed by atoms with Crippen LogP contribution in [0.3, 0.4) is 0 Å². The Balaban J connectivity index is 1.16. The Labute approximate surface area is 155 Å². The van der Waals surface area contributed by atoms with Gasteiger partial charge in [-0.2, -0.15) is 0 Å². The first-order valence-electron chi connectivity index (χ1n) is 9.16. The van der Waals surface area contributed by atoms with Crippen molar-refractivity contribution in [2.45, 2.75) is 6.54 Å². The second kappa shape index (κ2) is 6.27. The summed E-state index contributed by atoms with van der Waals surface area (Å²) in [5.41, 5.74) is 1.84. The van der Waals surface area contributed by atoms with Crippen LogP contribution in [0.2, 0.25) is 0 Å². The quantitative estimate of drug-likeness (QED) is 0.693. The average Bonchev–Trinajstić information content (AvgIpc) is 2.98. The zero-order chi connectivity index (χ0) is 18.5. The molecule has 27 heavy (non-hydrogen) atoms. The summed E-state index contributed by atoms with van der Waals surface area (Å²) in [4.78, 5) is 11.4. The fourth-order valence-corrected chi connectivity index (χ4v) is 4.29. The molecule has 0 N–H and O–H groups in total. The first-order chi connectivity index (χ1) is 13.1. The molecule has 140 valence electrons. The monoisotopic (exact) mass is 370 g/mol. The van der Waals surface area contributed by atoms with E-state index in [0.29, 0.717) is 30.1 Å². The van der Waals surface area contributed by atoms with Crippen molar-refractivity contribution in [1.82, 2.24) is 19.4 Å². The van der Waals surface area contributed by atoms with Gasteiger partial charge in [-0.1, -0.05) is 0 Å². The van der Waals surface area contributed by atoms with E-state index in [4.69, 9.17) is 4.74 Å². The molecule has 0 radical (unpaired) electrons. The molecule has 2 fully saturated rings. The lowest BCUT2D eigenvalue weighted by Crippen LogP contribution is -2.26. The van der Waals surface area contributed by atoms with Crippen LogP contribution in [-0.2, 0) is 13.6 Å². The van der Waals surface area contributed by atoms with Crippen molar-refractivity contribution in [3.8, 4) is 5.75 Å². The van der Waals surface area contributed by atoms with E-state index in [0.717, 1.165) is 48.8 Å². The highest BCUT2D eigenvalue weighted by Gasteiger charge is 2.55. The molecule has 2 aliphatic rings. The van der Waals surface area contributed by atoms with Gasteiger partial charge in [0.15, 0.2) is 17.3 Å². The minimum absolute atomic E-state index is 0.392. The van der Waals surface area contributed by atoms with Crippen molar-refractivity contribution in [2.75, 3.05) is 19.7 Å². The highest BCUT2D eigenvalue weighted by atomic mass is 19.2. The van der Waals surface area contributed by atoms with Gasteiger partial charge in [-0.3, -0.25) is 4.90 Å². The average molecular weight is 370 g/mol. The fourth-order valence-electron chi connectivity index (χ4n) is 4.29. The molecule has 3 heterocycles. The van der Waals surface area contributed by atoms with Crippen molar-refractivity contribution in [2.24, 2.45) is 24.8 Å². The van der Waals surface area contributed by atoms with Gasteiger partial charge < -0.3 is 9.30 Å². The number of piperidine rings is 1. The first-order valence-corrected chi connectivity index (χ1v) is 9.16. The van der Waals surface area contributed by atoms with E-state index in [1.807, 2.05) is 19.2 Å². The molecule has 0 bridgehead atoms. The lowest BCUT2D eigenvalue weighted by atomic mass is 10.2. The Morgan fingerprint density at radius 1 is 1.15 bits per heavy atom. The van der Waals surface area contributed by atoms with Gasteiger partial charge in [-0.15, -0.1) is 0 Å². The third-order valence-corrected chi connectivity index (χ3v) is 5.90. The zero-order valence-electron chi connectivity index (χ0n) is 15.0. The Morgan fingerprint density at radius 3 is 2.70 bits per heavy atom. The molecule has 3 atom stereocenters. The zero-order valence-corrected chi connectivity index (χ0v) is 15.0. The lowest BCUT2D eigenvalue weighted by Gasteiger charge is -2.19. The van der Waals surface area contributed by atoms with Crippen LogP contribution >= 0.6 is 0 Å². The highest BCUT2D eigenvalue weighted by molar-refractivity contribution is 5.71. The molecule has 1 aliphatic carbocycles. The number of ether oxygens (including phenoxy) is 1. The number of rotatable bonds is 5. The highest BCUT2D eigenvalue weighted by Crippen LogP contribution is 2.52. The van der Waals surface area contributed by atoms with Crippen LogP contribution in [0.4, 0.5) is 8.78 Å². The van der Waals surface area contributed by atoms with Crippen LogP contribution in [0, 0.1) is 29.4 Å². The van der Waals surface area contributed by atoms with E-state index in [1.54, 1.807) is 6.20 Å². The van der Waals surface area contributed by atoms with Crippen LogP contribution < -0.4 is 4.74 Å². The smallest absolute Gasteiger partial charge is 0.177 e. The van der Waals surface area contributed by atoms with E-state index < -0.39 is 11.6 Å². The molecule has 0 spiro atoms. The topological polar surface area (TPSA) is 43.2 Å². The molecule has 1 saturated heterocycles. The van der Waals surface area contributed by atoms with Gasteiger partial charge in [-0.05, 0) is 36.1 Å². The Kier molecular flexibility index (Phi) is 3.86. The normalized spacial score (nSPS) is 24.3. The summed E-state index contributed by atoms with van der Waals surface area (Å²) in [6.45, 7) is 3.42. The molecule has 5 rings (SSSR count). The van der Waals surface area contributed by atoms with Gasteiger partial charge in [0.25, 0.3) is 0 Å². The van der Waals surface area contributed by atoms with Gasteiger partial charge in [0, 0.05) is 38.3 Å². The molecular formula is C20H20F2N4O. The Morgan fingerprint density at radius 2 is 1.96 bits per heavy atom. The second-order valence-electron chi connectivity index (χ2n) is 7.51. The van der Waals surface area contributed by atoms with Crippen molar-refractivity contribution >= 4 is 11.2 Å². The molecule has 3 aromatic rings. The number of pyridine rings is 1. The number of hydrogen-bond donors (Lipinski definition) is 0. The molecule has 0 amide bonds. The third kappa shape index (κ3) is 2.96. The van der Waals surface area contributed by atoms with Crippen LogP contribution in [0.5, 0.6) is 5.75 Å². The molecule has 1 aliphatic heterocycles. The molecule has 1 saturated carbocycles. The molecule has 1 unspecified atom stereocenters. The maximum Gasteiger partial charge on any atom is 0.177 e. The van der Waals surface area contributed by atoms with Crippen LogP contribution in [-0.4, -0.2) is 39.1 Å². The van der Waals surface area contributed by atoms with E-state index in [9.17, 15) is 8.78 Å². The van der Waals surface area contributed by atoms with Crippen molar-refractivity contribution in [1.29, 1.82) is 0 Å². The molecule has 1 aromatic carbocycles. The van der Waals surface area contributed by atoms with Gasteiger partial charge in [0.1, 0.15) is 11.6 Å².